The van der Waals surface area contributed by atoms with Crippen molar-refractivity contribution < 1.29 is 8.42 Å². The van der Waals surface area contributed by atoms with Gasteiger partial charge in [-0.3, -0.25) is 4.57 Å². The summed E-state index contributed by atoms with van der Waals surface area (Å²) in [6.07, 6.45) is 0. The fourth-order valence-electron chi connectivity index (χ4n) is 7.36. The number of hydrogen-bond donors (Lipinski definition) is 0. The van der Waals surface area contributed by atoms with Crippen LogP contribution in [0.1, 0.15) is 13.8 Å². The van der Waals surface area contributed by atoms with E-state index >= 15 is 0 Å². The van der Waals surface area contributed by atoms with Crippen molar-refractivity contribution in [3.63, 3.8) is 0 Å². The first-order chi connectivity index (χ1) is 27.0. The van der Waals surface area contributed by atoms with E-state index in [2.05, 4.69) is 41.0 Å². The molecule has 9 aromatic rings. The number of hydrogen-bond acceptors (Lipinski definition) is 5. The Hall–Kier alpha value is -6.90. The summed E-state index contributed by atoms with van der Waals surface area (Å²) in [7, 11) is -3.83. The van der Waals surface area contributed by atoms with Crippen LogP contribution in [0.5, 0.6) is 0 Å². The first kappa shape index (κ1) is 33.9. The summed E-state index contributed by atoms with van der Waals surface area (Å²) in [4.78, 5) is 15.3. The average Bonchev–Trinajstić information content (AvgIpc) is 3.59. The van der Waals surface area contributed by atoms with Crippen molar-refractivity contribution in [1.29, 1.82) is 0 Å². The molecule has 1 aliphatic rings. The fourth-order valence-corrected chi connectivity index (χ4v) is 9.08. The predicted octanol–water partition coefficient (Wildman–Crippen LogP) is 11.5. The summed E-state index contributed by atoms with van der Waals surface area (Å²) >= 11 is 0. The van der Waals surface area contributed by atoms with E-state index in [-0.39, 0.29) is 4.90 Å². The van der Waals surface area contributed by atoms with Gasteiger partial charge in [-0.25, -0.2) is 17.7 Å². The Morgan fingerprint density at radius 1 is 0.455 bits per heavy atom. The van der Waals surface area contributed by atoms with Crippen molar-refractivity contribution in [3.05, 3.63) is 176 Å². The van der Waals surface area contributed by atoms with Crippen LogP contribution in [0.25, 0.3) is 72.8 Å². The second-order valence-electron chi connectivity index (χ2n) is 12.9. The molecular weight excluding hydrogens is 699 g/mol. The van der Waals surface area contributed by atoms with E-state index in [1.54, 1.807) is 12.1 Å². The molecule has 0 amide bonds. The van der Waals surface area contributed by atoms with Crippen LogP contribution in [-0.2, 0) is 10.0 Å². The minimum atomic E-state index is -3.83. The van der Waals surface area contributed by atoms with Crippen molar-refractivity contribution >= 4 is 43.2 Å². The number of para-hydroxylation sites is 2. The van der Waals surface area contributed by atoms with Crippen LogP contribution in [0.15, 0.2) is 181 Å². The van der Waals surface area contributed by atoms with Gasteiger partial charge >= 0.3 is 0 Å². The number of fused-ring (bicyclic) bond motifs is 6. The monoisotopic (exact) mass is 733 g/mol. The Morgan fingerprint density at radius 2 is 1.00 bits per heavy atom. The minimum absolute atomic E-state index is 0.286. The van der Waals surface area contributed by atoms with Gasteiger partial charge in [0.05, 0.1) is 27.3 Å². The zero-order valence-corrected chi connectivity index (χ0v) is 31.0. The van der Waals surface area contributed by atoms with Gasteiger partial charge in [-0.05, 0) is 59.7 Å². The average molecular weight is 734 g/mol. The third-order valence-corrected chi connectivity index (χ3v) is 11.6. The number of nitrogens with zero attached hydrogens (tertiary/aromatic N) is 5. The van der Waals surface area contributed by atoms with Crippen molar-refractivity contribution in [3.8, 4) is 51.0 Å². The SMILES string of the molecule is CC.O=S1(=O)c2ccccc2-c2cc(-c3ccc4c(c3)c3ccccc3n4-c3nc(-c4ccccc4)nc(-c4ccccc4)n3)ccc2N1c1ccccc1. The highest BCUT2D eigenvalue weighted by Crippen LogP contribution is 2.48. The smallest absolute Gasteiger partial charge is 0.269 e. The lowest BCUT2D eigenvalue weighted by Crippen LogP contribution is -2.30. The first-order valence-corrected chi connectivity index (χ1v) is 19.7. The van der Waals surface area contributed by atoms with Gasteiger partial charge in [0.2, 0.25) is 5.95 Å². The Morgan fingerprint density at radius 3 is 1.69 bits per heavy atom. The number of anilines is 2. The molecule has 3 heterocycles. The van der Waals surface area contributed by atoms with Gasteiger partial charge in [-0.2, -0.15) is 9.97 Å². The van der Waals surface area contributed by atoms with Crippen LogP contribution >= 0.6 is 0 Å². The molecule has 7 aromatic carbocycles. The summed E-state index contributed by atoms with van der Waals surface area (Å²) in [5.74, 6) is 1.72. The normalized spacial score (nSPS) is 12.8. The summed E-state index contributed by atoms with van der Waals surface area (Å²) < 4.78 is 31.6. The molecule has 0 unspecified atom stereocenters. The van der Waals surface area contributed by atoms with Crippen molar-refractivity contribution in [1.82, 2.24) is 19.5 Å². The van der Waals surface area contributed by atoms with Gasteiger partial charge in [0.15, 0.2) is 11.6 Å². The predicted molar refractivity (Wildman–Crippen MR) is 223 cm³/mol. The van der Waals surface area contributed by atoms with Crippen LogP contribution in [0, 0.1) is 0 Å². The molecule has 0 atom stereocenters. The minimum Gasteiger partial charge on any atom is -0.278 e. The first-order valence-electron chi connectivity index (χ1n) is 18.3. The van der Waals surface area contributed by atoms with Crippen LogP contribution in [-0.4, -0.2) is 27.9 Å². The molecular formula is C47H35N5O2S. The van der Waals surface area contributed by atoms with E-state index in [0.717, 1.165) is 49.6 Å². The number of aromatic nitrogens is 4. The standard InChI is InChI=1S/C45H29N5O2S.C2H6/c51-53(52)42-23-13-11-21-36(42)38-29-33(25-27-41(38)50(53)34-18-8-3-9-19-34)32-24-26-40-37(28-32)35-20-10-12-22-39(35)49(40)45-47-43(30-14-4-1-5-15-30)46-44(48-45)31-16-6-2-7-17-31;1-2/h1-29H;1-2H3. The van der Waals surface area contributed by atoms with Crippen molar-refractivity contribution in [2.75, 3.05) is 4.31 Å². The molecule has 1 aliphatic heterocycles. The molecule has 8 heteroatoms. The maximum absolute atomic E-state index is 14.0. The number of benzene rings is 7. The van der Waals surface area contributed by atoms with Crippen molar-refractivity contribution in [2.45, 2.75) is 18.7 Å². The molecule has 0 radical (unpaired) electrons. The molecule has 0 N–H and O–H groups in total. The highest BCUT2D eigenvalue weighted by molar-refractivity contribution is 7.93. The topological polar surface area (TPSA) is 81.0 Å². The van der Waals surface area contributed by atoms with Crippen LogP contribution < -0.4 is 4.31 Å². The lowest BCUT2D eigenvalue weighted by atomic mass is 9.96. The van der Waals surface area contributed by atoms with Gasteiger partial charge in [-0.15, -0.1) is 0 Å². The summed E-state index contributed by atoms with van der Waals surface area (Å²) in [5.41, 5.74) is 8.49. The molecule has 0 bridgehead atoms. The Labute approximate surface area is 319 Å². The molecule has 0 fully saturated rings. The second-order valence-corrected chi connectivity index (χ2v) is 14.7. The highest BCUT2D eigenvalue weighted by atomic mass is 32.2. The van der Waals surface area contributed by atoms with Gasteiger partial charge in [-0.1, -0.05) is 141 Å². The molecule has 266 valence electrons. The van der Waals surface area contributed by atoms with Gasteiger partial charge in [0.25, 0.3) is 10.0 Å². The molecule has 7 nitrogen and oxygen atoms in total. The lowest BCUT2D eigenvalue weighted by molar-refractivity contribution is 0.596. The molecule has 0 aliphatic carbocycles. The van der Waals surface area contributed by atoms with Crippen LogP contribution in [0.3, 0.4) is 0 Å². The van der Waals surface area contributed by atoms with E-state index in [4.69, 9.17) is 15.0 Å². The Kier molecular flexibility index (Phi) is 8.52. The quantitative estimate of drug-likeness (QED) is 0.176. The zero-order valence-electron chi connectivity index (χ0n) is 30.2. The molecule has 55 heavy (non-hydrogen) atoms. The summed E-state index contributed by atoms with van der Waals surface area (Å²) in [6.45, 7) is 4.00. The van der Waals surface area contributed by atoms with Gasteiger partial charge in [0.1, 0.15) is 0 Å². The van der Waals surface area contributed by atoms with Crippen molar-refractivity contribution in [2.24, 2.45) is 0 Å². The molecule has 10 rings (SSSR count). The summed E-state index contributed by atoms with van der Waals surface area (Å²) in [5, 5.41) is 2.12. The third-order valence-electron chi connectivity index (χ3n) is 9.80. The van der Waals surface area contributed by atoms with Gasteiger partial charge in [0, 0.05) is 33.0 Å². The Balaban J connectivity index is 0.00000195. The van der Waals surface area contributed by atoms with Gasteiger partial charge < -0.3 is 0 Å². The maximum atomic E-state index is 14.0. The van der Waals surface area contributed by atoms with E-state index in [1.807, 2.05) is 141 Å². The maximum Gasteiger partial charge on any atom is 0.269 e. The third kappa shape index (κ3) is 5.75. The van der Waals surface area contributed by atoms with E-state index in [9.17, 15) is 8.42 Å². The highest BCUT2D eigenvalue weighted by Gasteiger charge is 2.36. The number of sulfonamides is 1. The molecule has 0 saturated carbocycles. The number of rotatable bonds is 5. The van der Waals surface area contributed by atoms with Crippen LogP contribution in [0.2, 0.25) is 0 Å². The second kappa shape index (κ2) is 13.8. The largest absolute Gasteiger partial charge is 0.278 e. The zero-order chi connectivity index (χ0) is 37.5. The Bertz CT molecular complexity index is 2910. The fraction of sp³-hybridized carbons (Fsp3) is 0.0426. The molecule has 0 spiro atoms. The summed E-state index contributed by atoms with van der Waals surface area (Å²) in [6, 6.07) is 57.2. The van der Waals surface area contributed by atoms with Crippen LogP contribution in [0.4, 0.5) is 11.4 Å². The van der Waals surface area contributed by atoms with E-state index in [1.165, 1.54) is 4.31 Å². The molecule has 0 saturated heterocycles. The molecule has 2 aromatic heterocycles. The van der Waals surface area contributed by atoms with E-state index in [0.29, 0.717) is 34.5 Å². The lowest BCUT2D eigenvalue weighted by Gasteiger charge is -2.32. The van der Waals surface area contributed by atoms with E-state index < -0.39 is 10.0 Å².